The van der Waals surface area contributed by atoms with Gasteiger partial charge in [0.2, 0.25) is 10.0 Å². The zero-order valence-corrected chi connectivity index (χ0v) is 19.7. The van der Waals surface area contributed by atoms with E-state index in [2.05, 4.69) is 20.3 Å². The second-order valence-electron chi connectivity index (χ2n) is 8.16. The van der Waals surface area contributed by atoms with Crippen LogP contribution in [0.1, 0.15) is 47.1 Å². The minimum absolute atomic E-state index is 0.0115. The maximum atomic E-state index is 12.8. The van der Waals surface area contributed by atoms with Crippen LogP contribution in [0.3, 0.4) is 0 Å². The lowest BCUT2D eigenvalue weighted by Gasteiger charge is -2.20. The lowest BCUT2D eigenvalue weighted by atomic mass is 10.1. The summed E-state index contributed by atoms with van der Waals surface area (Å²) in [4.78, 5) is 29.1. The van der Waals surface area contributed by atoms with E-state index in [1.807, 2.05) is 0 Å². The van der Waals surface area contributed by atoms with Gasteiger partial charge in [0.15, 0.2) is 5.13 Å². The third-order valence-corrected chi connectivity index (χ3v) is 6.71. The fourth-order valence-electron chi connectivity index (χ4n) is 2.83. The summed E-state index contributed by atoms with van der Waals surface area (Å²) in [7, 11) is -3.78. The number of amides is 2. The topological polar surface area (TPSA) is 117 Å². The van der Waals surface area contributed by atoms with Crippen molar-refractivity contribution in [1.29, 1.82) is 0 Å². The fraction of sp³-hybridized carbons (Fsp3) is 0.227. The van der Waals surface area contributed by atoms with Gasteiger partial charge in [0.1, 0.15) is 0 Å². The lowest BCUT2D eigenvalue weighted by molar-refractivity contribution is 0.101. The van der Waals surface area contributed by atoms with Crippen LogP contribution in [0.4, 0.5) is 10.8 Å². The highest BCUT2D eigenvalue weighted by atomic mass is 32.2. The van der Waals surface area contributed by atoms with Crippen molar-refractivity contribution in [1.82, 2.24) is 9.71 Å². The smallest absolute Gasteiger partial charge is 0.257 e. The van der Waals surface area contributed by atoms with Gasteiger partial charge >= 0.3 is 0 Å². The van der Waals surface area contributed by atoms with Gasteiger partial charge in [0.05, 0.1) is 4.90 Å². The standard InChI is InChI=1S/C22H24N4O4S2/c1-14-5-10-17(32(29,30)26-22(2,3)4)13-18(14)20(28)24-16-8-6-15(7-9-16)19(27)25-21-23-11-12-31-21/h5-13,26H,1-4H3,(H,24,28)(H,23,25,27). The summed E-state index contributed by atoms with van der Waals surface area (Å²) in [5.74, 6) is -0.756. The molecule has 1 heterocycles. The van der Waals surface area contributed by atoms with Crippen LogP contribution >= 0.6 is 11.3 Å². The van der Waals surface area contributed by atoms with Gasteiger partial charge < -0.3 is 5.32 Å². The van der Waals surface area contributed by atoms with Gasteiger partial charge in [0, 0.05) is 33.9 Å². The molecule has 0 spiro atoms. The molecule has 0 saturated carbocycles. The molecule has 2 amide bonds. The van der Waals surface area contributed by atoms with Crippen LogP contribution in [0.2, 0.25) is 0 Å². The normalized spacial score (nSPS) is 11.8. The molecule has 10 heteroatoms. The largest absolute Gasteiger partial charge is 0.322 e. The summed E-state index contributed by atoms with van der Waals surface area (Å²) in [6.07, 6.45) is 1.60. The molecule has 1 aromatic heterocycles. The van der Waals surface area contributed by atoms with E-state index >= 15 is 0 Å². The van der Waals surface area contributed by atoms with E-state index in [1.165, 1.54) is 23.5 Å². The molecular formula is C22H24N4O4S2. The monoisotopic (exact) mass is 472 g/mol. The average molecular weight is 473 g/mol. The Morgan fingerprint density at radius 3 is 2.25 bits per heavy atom. The number of thiazole rings is 1. The number of carbonyl (C=O) groups is 2. The number of benzene rings is 2. The van der Waals surface area contributed by atoms with Gasteiger partial charge in [-0.3, -0.25) is 14.9 Å². The van der Waals surface area contributed by atoms with Crippen molar-refractivity contribution >= 4 is 44.0 Å². The van der Waals surface area contributed by atoms with Gasteiger partial charge in [-0.15, -0.1) is 11.3 Å². The molecule has 0 aliphatic carbocycles. The molecule has 0 atom stereocenters. The van der Waals surface area contributed by atoms with E-state index < -0.39 is 21.5 Å². The van der Waals surface area contributed by atoms with E-state index in [-0.39, 0.29) is 16.4 Å². The highest BCUT2D eigenvalue weighted by Gasteiger charge is 2.23. The number of nitrogens with one attached hydrogen (secondary N) is 3. The predicted octanol–water partition coefficient (Wildman–Crippen LogP) is 4.03. The molecule has 3 rings (SSSR count). The molecule has 0 bridgehead atoms. The summed E-state index contributed by atoms with van der Waals surface area (Å²) in [6.45, 7) is 6.96. The second kappa shape index (κ2) is 9.19. The second-order valence-corrected chi connectivity index (χ2v) is 10.7. The first-order valence-corrected chi connectivity index (χ1v) is 12.1. The van der Waals surface area contributed by atoms with Gasteiger partial charge in [-0.1, -0.05) is 6.07 Å². The van der Waals surface area contributed by atoms with Crippen LogP contribution in [0.5, 0.6) is 0 Å². The number of carbonyl (C=O) groups excluding carboxylic acids is 2. The minimum atomic E-state index is -3.78. The zero-order valence-electron chi connectivity index (χ0n) is 18.1. The lowest BCUT2D eigenvalue weighted by Crippen LogP contribution is -2.40. The van der Waals surface area contributed by atoms with E-state index in [1.54, 1.807) is 69.6 Å². The molecule has 0 aliphatic heterocycles. The third-order valence-electron chi connectivity index (χ3n) is 4.26. The SMILES string of the molecule is Cc1ccc(S(=O)(=O)NC(C)(C)C)cc1C(=O)Nc1ccc(C(=O)Nc2nccs2)cc1. The van der Waals surface area contributed by atoms with Crippen LogP contribution in [-0.2, 0) is 10.0 Å². The summed E-state index contributed by atoms with van der Waals surface area (Å²) >= 11 is 1.31. The maximum absolute atomic E-state index is 12.8. The molecule has 2 aromatic carbocycles. The maximum Gasteiger partial charge on any atom is 0.257 e. The molecule has 0 saturated heterocycles. The number of hydrogen-bond acceptors (Lipinski definition) is 6. The number of sulfonamides is 1. The number of anilines is 2. The van der Waals surface area contributed by atoms with Crippen LogP contribution in [0.25, 0.3) is 0 Å². The van der Waals surface area contributed by atoms with Crippen molar-refractivity contribution in [2.75, 3.05) is 10.6 Å². The van der Waals surface area contributed by atoms with Gasteiger partial charge in [0.25, 0.3) is 11.8 Å². The molecule has 0 fully saturated rings. The Bertz CT molecular complexity index is 1230. The molecule has 32 heavy (non-hydrogen) atoms. The number of aromatic nitrogens is 1. The highest BCUT2D eigenvalue weighted by Crippen LogP contribution is 2.20. The summed E-state index contributed by atoms with van der Waals surface area (Å²) < 4.78 is 27.8. The Labute approximate surface area is 191 Å². The van der Waals surface area contributed by atoms with Crippen LogP contribution in [0, 0.1) is 6.92 Å². The van der Waals surface area contributed by atoms with E-state index in [0.29, 0.717) is 21.9 Å². The van der Waals surface area contributed by atoms with Crippen LogP contribution < -0.4 is 15.4 Å². The summed E-state index contributed by atoms with van der Waals surface area (Å²) in [6, 6.07) is 10.8. The van der Waals surface area contributed by atoms with Gasteiger partial charge in [-0.05, 0) is 69.7 Å². The minimum Gasteiger partial charge on any atom is -0.322 e. The first-order valence-electron chi connectivity index (χ1n) is 9.71. The Kier molecular flexibility index (Phi) is 6.77. The zero-order chi connectivity index (χ0) is 23.5. The first-order chi connectivity index (χ1) is 14.9. The molecule has 3 aromatic rings. The first kappa shape index (κ1) is 23.6. The average Bonchev–Trinajstić information content (AvgIpc) is 3.19. The third kappa shape index (κ3) is 6.00. The van der Waals surface area contributed by atoms with Gasteiger partial charge in [-0.2, -0.15) is 0 Å². The predicted molar refractivity (Wildman–Crippen MR) is 126 cm³/mol. The molecule has 3 N–H and O–H groups in total. The Balaban J connectivity index is 1.75. The van der Waals surface area contributed by atoms with E-state index in [0.717, 1.165) is 0 Å². The summed E-state index contributed by atoms with van der Waals surface area (Å²) in [5.41, 5.74) is 1.11. The Morgan fingerprint density at radius 1 is 0.969 bits per heavy atom. The number of hydrogen-bond donors (Lipinski definition) is 3. The Morgan fingerprint density at radius 2 is 1.66 bits per heavy atom. The van der Waals surface area contributed by atoms with Crippen molar-refractivity contribution < 1.29 is 18.0 Å². The summed E-state index contributed by atoms with van der Waals surface area (Å²) in [5, 5.41) is 7.69. The van der Waals surface area contributed by atoms with E-state index in [4.69, 9.17) is 0 Å². The molecule has 168 valence electrons. The quantitative estimate of drug-likeness (QED) is 0.501. The van der Waals surface area contributed by atoms with Crippen molar-refractivity contribution in [2.45, 2.75) is 38.1 Å². The molecule has 8 nitrogen and oxygen atoms in total. The van der Waals surface area contributed by atoms with Crippen molar-refractivity contribution in [3.63, 3.8) is 0 Å². The van der Waals surface area contributed by atoms with Gasteiger partial charge in [-0.25, -0.2) is 18.1 Å². The number of rotatable bonds is 6. The molecule has 0 radical (unpaired) electrons. The molecule has 0 aliphatic rings. The number of nitrogens with zero attached hydrogens (tertiary/aromatic N) is 1. The molecule has 0 unspecified atom stereocenters. The number of aryl methyl sites for hydroxylation is 1. The highest BCUT2D eigenvalue weighted by molar-refractivity contribution is 7.89. The van der Waals surface area contributed by atoms with E-state index in [9.17, 15) is 18.0 Å². The van der Waals surface area contributed by atoms with Crippen molar-refractivity contribution in [2.24, 2.45) is 0 Å². The van der Waals surface area contributed by atoms with Crippen molar-refractivity contribution in [3.05, 3.63) is 70.7 Å². The van der Waals surface area contributed by atoms with Crippen LogP contribution in [-0.4, -0.2) is 30.8 Å². The molecular weight excluding hydrogens is 448 g/mol. The van der Waals surface area contributed by atoms with Crippen LogP contribution in [0.15, 0.2) is 58.9 Å². The fourth-order valence-corrected chi connectivity index (χ4v) is 4.80. The van der Waals surface area contributed by atoms with Crippen molar-refractivity contribution in [3.8, 4) is 0 Å². The Hall–Kier alpha value is -3.08.